The van der Waals surface area contributed by atoms with Crippen LogP contribution in [-0.2, 0) is 9.53 Å². The van der Waals surface area contributed by atoms with E-state index in [1.807, 2.05) is 67.1 Å². The molecule has 0 saturated carbocycles. The number of hydrogen-bond donors (Lipinski definition) is 0. The Morgan fingerprint density at radius 1 is 1.03 bits per heavy atom. The summed E-state index contributed by atoms with van der Waals surface area (Å²) < 4.78 is 14.3. The average Bonchev–Trinajstić information content (AvgIpc) is 3.38. The second-order valence-corrected chi connectivity index (χ2v) is 9.69. The van der Waals surface area contributed by atoms with E-state index in [0.29, 0.717) is 26.4 Å². The maximum absolute atomic E-state index is 13.8. The van der Waals surface area contributed by atoms with E-state index >= 15 is 0 Å². The minimum absolute atomic E-state index is 0.232. The Kier molecular flexibility index (Phi) is 6.39. The molecule has 0 bridgehead atoms. The average molecular weight is 515 g/mol. The molecule has 2 aromatic heterocycles. The van der Waals surface area contributed by atoms with Crippen molar-refractivity contribution in [3.8, 4) is 11.4 Å². The maximum atomic E-state index is 13.8. The van der Waals surface area contributed by atoms with Crippen LogP contribution in [0.4, 0.5) is 0 Å². The van der Waals surface area contributed by atoms with E-state index in [1.54, 1.807) is 30.7 Å². The van der Waals surface area contributed by atoms with E-state index in [2.05, 4.69) is 4.99 Å². The molecule has 1 atom stereocenters. The number of carbonyl (C=O) groups is 1. The van der Waals surface area contributed by atoms with Gasteiger partial charge in [0.25, 0.3) is 5.56 Å². The SMILES string of the molecule is COC(=O)C1=C(C)N=c2sc(=Cc3c(C)nn(-c4ccccc4)c3C)c(=O)n2C1c1ccc(OC)cc1. The molecule has 0 N–H and O–H groups in total. The van der Waals surface area contributed by atoms with Gasteiger partial charge in [0.1, 0.15) is 5.75 Å². The van der Waals surface area contributed by atoms with Gasteiger partial charge in [-0.1, -0.05) is 41.7 Å². The van der Waals surface area contributed by atoms with Crippen LogP contribution in [0.5, 0.6) is 5.75 Å². The number of thiazole rings is 1. The van der Waals surface area contributed by atoms with Crippen molar-refractivity contribution in [3.63, 3.8) is 0 Å². The number of ether oxygens (including phenoxy) is 2. The third-order valence-corrected chi connectivity index (χ3v) is 7.46. The largest absolute Gasteiger partial charge is 0.497 e. The zero-order valence-electron chi connectivity index (χ0n) is 21.2. The van der Waals surface area contributed by atoms with Crippen molar-refractivity contribution < 1.29 is 14.3 Å². The standard InChI is InChI=1S/C28H26N4O4S/c1-16-22(18(3)32(30-16)20-9-7-6-8-10-20)15-23-26(33)31-25(19-11-13-21(35-4)14-12-19)24(27(34)36-5)17(2)29-28(31)37-23/h6-15,25H,1-5H3. The fraction of sp³-hybridized carbons (Fsp3) is 0.214. The molecular weight excluding hydrogens is 488 g/mol. The van der Waals surface area contributed by atoms with Crippen molar-refractivity contribution in [2.45, 2.75) is 26.8 Å². The van der Waals surface area contributed by atoms with E-state index in [0.717, 1.165) is 28.2 Å². The summed E-state index contributed by atoms with van der Waals surface area (Å²) in [6, 6.07) is 16.5. The van der Waals surface area contributed by atoms with Crippen LogP contribution in [0.2, 0.25) is 0 Å². The van der Waals surface area contributed by atoms with Crippen LogP contribution in [0.3, 0.4) is 0 Å². The van der Waals surface area contributed by atoms with Gasteiger partial charge >= 0.3 is 5.97 Å². The summed E-state index contributed by atoms with van der Waals surface area (Å²) in [4.78, 5) is 31.8. The van der Waals surface area contributed by atoms with Gasteiger partial charge in [-0.25, -0.2) is 14.5 Å². The molecule has 0 fully saturated rings. The molecule has 0 aliphatic carbocycles. The van der Waals surface area contributed by atoms with Gasteiger partial charge < -0.3 is 9.47 Å². The highest BCUT2D eigenvalue weighted by Gasteiger charge is 2.33. The number of hydrogen-bond acceptors (Lipinski definition) is 7. The van der Waals surface area contributed by atoms with Gasteiger partial charge in [-0.3, -0.25) is 9.36 Å². The van der Waals surface area contributed by atoms with Crippen LogP contribution in [0.25, 0.3) is 11.8 Å². The minimum Gasteiger partial charge on any atom is -0.497 e. The molecule has 1 aliphatic heterocycles. The molecule has 37 heavy (non-hydrogen) atoms. The highest BCUT2D eigenvalue weighted by atomic mass is 32.1. The molecule has 0 spiro atoms. The lowest BCUT2D eigenvalue weighted by Gasteiger charge is -2.24. The molecule has 4 aromatic rings. The van der Waals surface area contributed by atoms with Crippen molar-refractivity contribution in [2.75, 3.05) is 14.2 Å². The minimum atomic E-state index is -0.675. The zero-order chi connectivity index (χ0) is 26.3. The Morgan fingerprint density at radius 3 is 2.38 bits per heavy atom. The summed E-state index contributed by atoms with van der Waals surface area (Å²) in [5.74, 6) is 0.157. The summed E-state index contributed by atoms with van der Waals surface area (Å²) >= 11 is 1.29. The van der Waals surface area contributed by atoms with Gasteiger partial charge in [0.2, 0.25) is 0 Å². The third-order valence-electron chi connectivity index (χ3n) is 6.48. The van der Waals surface area contributed by atoms with E-state index in [1.165, 1.54) is 18.4 Å². The number of aromatic nitrogens is 3. The van der Waals surface area contributed by atoms with Gasteiger partial charge in [0.15, 0.2) is 4.80 Å². The molecule has 188 valence electrons. The molecular formula is C28H26N4O4S. The molecule has 2 aromatic carbocycles. The van der Waals surface area contributed by atoms with E-state index in [-0.39, 0.29) is 5.56 Å². The highest BCUT2D eigenvalue weighted by Crippen LogP contribution is 2.31. The number of rotatable bonds is 5. The predicted molar refractivity (Wildman–Crippen MR) is 142 cm³/mol. The summed E-state index contributed by atoms with van der Waals surface area (Å²) in [5.41, 5.74) is 4.93. The predicted octanol–water partition coefficient (Wildman–Crippen LogP) is 3.22. The number of carbonyl (C=O) groups excluding carboxylic acids is 1. The molecule has 8 nitrogen and oxygen atoms in total. The van der Waals surface area contributed by atoms with Crippen LogP contribution in [-0.4, -0.2) is 34.5 Å². The van der Waals surface area contributed by atoms with Crippen molar-refractivity contribution in [1.82, 2.24) is 14.3 Å². The molecule has 0 saturated heterocycles. The Balaban J connectivity index is 1.70. The Labute approximate surface area is 217 Å². The number of nitrogens with zero attached hydrogens (tertiary/aromatic N) is 4. The molecule has 9 heteroatoms. The number of para-hydroxylation sites is 1. The molecule has 1 aliphatic rings. The van der Waals surface area contributed by atoms with Gasteiger partial charge in [0, 0.05) is 11.3 Å². The quantitative estimate of drug-likeness (QED) is 0.382. The van der Waals surface area contributed by atoms with Crippen LogP contribution in [0.15, 0.2) is 75.7 Å². The molecule has 0 radical (unpaired) electrons. The first-order valence-corrected chi connectivity index (χ1v) is 12.5. The lowest BCUT2D eigenvalue weighted by molar-refractivity contribution is -0.136. The van der Waals surface area contributed by atoms with Gasteiger partial charge in [-0.05, 0) is 56.7 Å². The maximum Gasteiger partial charge on any atom is 0.338 e. The Bertz CT molecular complexity index is 1710. The van der Waals surface area contributed by atoms with Gasteiger partial charge in [-0.2, -0.15) is 5.10 Å². The number of benzene rings is 2. The topological polar surface area (TPSA) is 87.7 Å². The lowest BCUT2D eigenvalue weighted by Crippen LogP contribution is -2.39. The summed E-state index contributed by atoms with van der Waals surface area (Å²) in [7, 11) is 2.92. The number of allylic oxidation sites excluding steroid dienone is 1. The van der Waals surface area contributed by atoms with E-state index in [9.17, 15) is 9.59 Å². The van der Waals surface area contributed by atoms with Crippen LogP contribution < -0.4 is 19.6 Å². The monoisotopic (exact) mass is 514 g/mol. The van der Waals surface area contributed by atoms with Crippen molar-refractivity contribution in [3.05, 3.63) is 108 Å². The van der Waals surface area contributed by atoms with Crippen molar-refractivity contribution in [1.29, 1.82) is 0 Å². The van der Waals surface area contributed by atoms with Gasteiger partial charge in [0.05, 0.1) is 47.4 Å². The smallest absolute Gasteiger partial charge is 0.338 e. The van der Waals surface area contributed by atoms with Crippen LogP contribution in [0.1, 0.15) is 35.5 Å². The van der Waals surface area contributed by atoms with E-state index in [4.69, 9.17) is 14.6 Å². The number of aryl methyl sites for hydroxylation is 1. The first-order chi connectivity index (χ1) is 17.8. The third kappa shape index (κ3) is 4.21. The summed E-state index contributed by atoms with van der Waals surface area (Å²) in [5, 5.41) is 4.70. The Morgan fingerprint density at radius 2 is 1.73 bits per heavy atom. The molecule has 0 amide bonds. The van der Waals surface area contributed by atoms with Crippen LogP contribution in [0, 0.1) is 13.8 Å². The summed E-state index contributed by atoms with van der Waals surface area (Å²) in [6.45, 7) is 5.67. The highest BCUT2D eigenvalue weighted by molar-refractivity contribution is 7.07. The molecule has 1 unspecified atom stereocenters. The number of fused-ring (bicyclic) bond motifs is 1. The first-order valence-electron chi connectivity index (χ1n) is 11.7. The fourth-order valence-corrected chi connectivity index (χ4v) is 5.64. The summed E-state index contributed by atoms with van der Waals surface area (Å²) in [6.07, 6.45) is 1.86. The molecule has 5 rings (SSSR count). The van der Waals surface area contributed by atoms with E-state index < -0.39 is 12.0 Å². The zero-order valence-corrected chi connectivity index (χ0v) is 22.0. The second-order valence-electron chi connectivity index (χ2n) is 8.68. The fourth-order valence-electron chi connectivity index (χ4n) is 4.61. The first kappa shape index (κ1) is 24.5. The molecule has 3 heterocycles. The second kappa shape index (κ2) is 9.67. The Hall–Kier alpha value is -4.24. The van der Waals surface area contributed by atoms with Gasteiger partial charge in [-0.15, -0.1) is 0 Å². The normalized spacial score (nSPS) is 15.4. The number of esters is 1. The van der Waals surface area contributed by atoms with Crippen molar-refractivity contribution in [2.24, 2.45) is 4.99 Å². The van der Waals surface area contributed by atoms with Crippen LogP contribution >= 0.6 is 11.3 Å². The lowest BCUT2D eigenvalue weighted by atomic mass is 9.96. The number of methoxy groups -OCH3 is 2. The van der Waals surface area contributed by atoms with Crippen molar-refractivity contribution >= 4 is 23.4 Å².